The molecule has 7 nitrogen and oxygen atoms in total. The van der Waals surface area contributed by atoms with Gasteiger partial charge in [0.05, 0.1) is 6.20 Å². The number of aromatic nitrogens is 2. The van der Waals surface area contributed by atoms with Crippen LogP contribution in [-0.4, -0.2) is 44.9 Å². The first-order valence-corrected chi connectivity index (χ1v) is 8.26. The van der Waals surface area contributed by atoms with Gasteiger partial charge in [-0.15, -0.1) is 0 Å². The third-order valence-corrected chi connectivity index (χ3v) is 4.53. The van der Waals surface area contributed by atoms with Crippen molar-refractivity contribution in [2.45, 2.75) is 38.6 Å². The Hall–Kier alpha value is -2.15. The predicted octanol–water partition coefficient (Wildman–Crippen LogP) is 2.92. The Labute approximate surface area is 135 Å². The maximum Gasteiger partial charge on any atom is 0.372 e. The van der Waals surface area contributed by atoms with E-state index in [1.165, 1.54) is 23.7 Å². The van der Waals surface area contributed by atoms with Crippen LogP contribution in [0.4, 0.5) is 11.6 Å². The molecule has 1 aliphatic rings. The topological polar surface area (TPSA) is 75.7 Å². The number of nitro groups is 1. The zero-order chi connectivity index (χ0) is 16.2. The van der Waals surface area contributed by atoms with Crippen LogP contribution in [0, 0.1) is 10.1 Å². The summed E-state index contributed by atoms with van der Waals surface area (Å²) in [6, 6.07) is 6.01. The van der Waals surface area contributed by atoms with E-state index in [-0.39, 0.29) is 10.7 Å². The summed E-state index contributed by atoms with van der Waals surface area (Å²) in [7, 11) is 0. The smallest absolute Gasteiger partial charge is 0.363 e. The highest BCUT2D eigenvalue weighted by molar-refractivity contribution is 5.62. The summed E-state index contributed by atoms with van der Waals surface area (Å²) in [6.07, 6.45) is 6.49. The Balaban J connectivity index is 1.61. The second-order valence-corrected chi connectivity index (χ2v) is 6.13. The molecule has 23 heavy (non-hydrogen) atoms. The predicted molar refractivity (Wildman–Crippen MR) is 89.8 cm³/mol. The van der Waals surface area contributed by atoms with Gasteiger partial charge >= 0.3 is 5.82 Å². The van der Waals surface area contributed by atoms with Crippen LogP contribution in [0.2, 0.25) is 0 Å². The first-order chi connectivity index (χ1) is 11.2. The van der Waals surface area contributed by atoms with Crippen LogP contribution < -0.4 is 5.32 Å². The molecule has 1 atom stereocenters. The number of anilines is 1. The van der Waals surface area contributed by atoms with E-state index in [1.807, 2.05) is 6.07 Å². The molecule has 0 aliphatic carbocycles. The lowest BCUT2D eigenvalue weighted by Crippen LogP contribution is -2.38. The van der Waals surface area contributed by atoms with Gasteiger partial charge in [-0.1, -0.05) is 12.5 Å². The Morgan fingerprint density at radius 1 is 1.43 bits per heavy atom. The number of likely N-dealkylation sites (tertiary alicyclic amines) is 1. The molecule has 1 unspecified atom stereocenters. The van der Waals surface area contributed by atoms with Crippen LogP contribution in [-0.2, 0) is 0 Å². The average Bonchev–Trinajstić information content (AvgIpc) is 2.91. The van der Waals surface area contributed by atoms with Crippen LogP contribution in [0.3, 0.4) is 0 Å². The fraction of sp³-hybridized carbons (Fsp3) is 0.562. The van der Waals surface area contributed by atoms with Gasteiger partial charge in [-0.25, -0.2) is 0 Å². The number of fused-ring (bicyclic) bond motifs is 1. The maximum atomic E-state index is 11.3. The molecule has 0 amide bonds. The molecule has 0 spiro atoms. The third-order valence-electron chi connectivity index (χ3n) is 4.53. The van der Waals surface area contributed by atoms with Gasteiger partial charge in [0.1, 0.15) is 0 Å². The summed E-state index contributed by atoms with van der Waals surface area (Å²) in [6.45, 7) is 5.15. The fourth-order valence-electron chi connectivity index (χ4n) is 3.25. The quantitative estimate of drug-likeness (QED) is 0.503. The molecular formula is C16H23N5O2. The van der Waals surface area contributed by atoms with Gasteiger partial charge in [0.15, 0.2) is 0 Å². The summed E-state index contributed by atoms with van der Waals surface area (Å²) >= 11 is 0. The minimum atomic E-state index is -0.380. The van der Waals surface area contributed by atoms with Crippen LogP contribution in [0.1, 0.15) is 32.6 Å². The van der Waals surface area contributed by atoms with E-state index >= 15 is 0 Å². The van der Waals surface area contributed by atoms with E-state index in [1.54, 1.807) is 18.3 Å². The van der Waals surface area contributed by atoms with Crippen LogP contribution in [0.15, 0.2) is 24.4 Å². The van der Waals surface area contributed by atoms with Gasteiger partial charge in [0.2, 0.25) is 11.5 Å². The highest BCUT2D eigenvalue weighted by Crippen LogP contribution is 2.25. The fourth-order valence-corrected chi connectivity index (χ4v) is 3.25. The molecule has 3 rings (SSSR count). The molecule has 0 saturated carbocycles. The molecule has 1 N–H and O–H groups in total. The SMILES string of the molecule is CC1CCCCN1CCCNc1nc2ccccn2c1[N+](=O)[O-]. The number of hydrogen-bond donors (Lipinski definition) is 1. The minimum Gasteiger partial charge on any atom is -0.363 e. The second kappa shape index (κ2) is 6.95. The van der Waals surface area contributed by atoms with E-state index < -0.39 is 0 Å². The first kappa shape index (κ1) is 15.7. The number of rotatable bonds is 6. The molecule has 1 fully saturated rings. The summed E-state index contributed by atoms with van der Waals surface area (Å²) in [5.41, 5.74) is 0.589. The second-order valence-electron chi connectivity index (χ2n) is 6.13. The van der Waals surface area contributed by atoms with Crippen molar-refractivity contribution < 1.29 is 4.92 Å². The minimum absolute atomic E-state index is 0.00643. The zero-order valence-electron chi connectivity index (χ0n) is 13.4. The van der Waals surface area contributed by atoms with Crippen LogP contribution in [0.5, 0.6) is 0 Å². The normalized spacial score (nSPS) is 19.1. The molecule has 124 valence electrons. The van der Waals surface area contributed by atoms with Crippen molar-refractivity contribution in [1.82, 2.24) is 14.3 Å². The Kier molecular flexibility index (Phi) is 4.76. The zero-order valence-corrected chi connectivity index (χ0v) is 13.4. The maximum absolute atomic E-state index is 11.3. The van der Waals surface area contributed by atoms with Gasteiger partial charge in [0, 0.05) is 25.2 Å². The van der Waals surface area contributed by atoms with Gasteiger partial charge in [-0.3, -0.25) is 0 Å². The van der Waals surface area contributed by atoms with Gasteiger partial charge in [-0.05, 0) is 43.7 Å². The van der Waals surface area contributed by atoms with E-state index in [0.717, 1.165) is 19.5 Å². The molecule has 0 radical (unpaired) electrons. The van der Waals surface area contributed by atoms with Crippen molar-refractivity contribution in [3.63, 3.8) is 0 Å². The lowest BCUT2D eigenvalue weighted by Gasteiger charge is -2.33. The molecule has 0 bridgehead atoms. The number of piperidine rings is 1. The van der Waals surface area contributed by atoms with Crippen molar-refractivity contribution in [1.29, 1.82) is 0 Å². The number of pyridine rings is 1. The van der Waals surface area contributed by atoms with Gasteiger partial charge < -0.3 is 20.3 Å². The number of hydrogen-bond acceptors (Lipinski definition) is 5. The van der Waals surface area contributed by atoms with Crippen LogP contribution in [0.25, 0.3) is 5.65 Å². The Bertz CT molecular complexity index is 684. The Morgan fingerprint density at radius 3 is 3.09 bits per heavy atom. The van der Waals surface area contributed by atoms with Crippen LogP contribution >= 0.6 is 0 Å². The lowest BCUT2D eigenvalue weighted by atomic mass is 10.0. The average molecular weight is 317 g/mol. The summed E-state index contributed by atoms with van der Waals surface area (Å²) in [4.78, 5) is 17.8. The van der Waals surface area contributed by atoms with E-state index in [4.69, 9.17) is 0 Å². The molecular weight excluding hydrogens is 294 g/mol. The molecule has 0 aromatic carbocycles. The molecule has 3 heterocycles. The molecule has 7 heteroatoms. The van der Waals surface area contributed by atoms with E-state index in [2.05, 4.69) is 22.1 Å². The standard InChI is InChI=1S/C16H23N5O2/c1-13-7-2-4-10-19(13)11-6-9-17-15-16(21(22)23)20-12-5-3-8-14(20)18-15/h3,5,8,12-13,17H,2,4,6-7,9-11H2,1H3. The molecule has 1 aliphatic heterocycles. The molecule has 2 aromatic rings. The summed E-state index contributed by atoms with van der Waals surface area (Å²) in [5, 5.41) is 14.5. The largest absolute Gasteiger partial charge is 0.372 e. The van der Waals surface area contributed by atoms with Crippen molar-refractivity contribution in [2.75, 3.05) is 25.0 Å². The van der Waals surface area contributed by atoms with Crippen molar-refractivity contribution in [3.05, 3.63) is 34.5 Å². The highest BCUT2D eigenvalue weighted by Gasteiger charge is 2.22. The number of imidazole rings is 1. The van der Waals surface area contributed by atoms with Gasteiger partial charge in [-0.2, -0.15) is 9.38 Å². The lowest BCUT2D eigenvalue weighted by molar-refractivity contribution is -0.389. The summed E-state index contributed by atoms with van der Waals surface area (Å²) in [5.74, 6) is 0.361. The Morgan fingerprint density at radius 2 is 2.30 bits per heavy atom. The third kappa shape index (κ3) is 3.44. The monoisotopic (exact) mass is 317 g/mol. The van der Waals surface area contributed by atoms with Crippen molar-refractivity contribution in [2.24, 2.45) is 0 Å². The first-order valence-electron chi connectivity index (χ1n) is 8.26. The number of nitrogens with one attached hydrogen (secondary N) is 1. The van der Waals surface area contributed by atoms with Gasteiger partial charge in [0.25, 0.3) is 0 Å². The number of nitrogens with zero attached hydrogens (tertiary/aromatic N) is 4. The molecule has 1 saturated heterocycles. The van der Waals surface area contributed by atoms with Crippen molar-refractivity contribution >= 4 is 17.3 Å². The summed E-state index contributed by atoms with van der Waals surface area (Å²) < 4.78 is 1.51. The highest BCUT2D eigenvalue weighted by atomic mass is 16.6. The van der Waals surface area contributed by atoms with E-state index in [9.17, 15) is 10.1 Å². The van der Waals surface area contributed by atoms with Crippen molar-refractivity contribution in [3.8, 4) is 0 Å². The molecule has 2 aromatic heterocycles. The van der Waals surface area contributed by atoms with E-state index in [0.29, 0.717) is 24.1 Å².